The molecule has 0 bridgehead atoms. The van der Waals surface area contributed by atoms with E-state index in [4.69, 9.17) is 9.00 Å². The quantitative estimate of drug-likeness (QED) is 0.656. The summed E-state index contributed by atoms with van der Waals surface area (Å²) in [5, 5.41) is 0. The van der Waals surface area contributed by atoms with Crippen LogP contribution in [0.1, 0.15) is 11.1 Å². The molecule has 13 heavy (non-hydrogen) atoms. The third-order valence-electron chi connectivity index (χ3n) is 2.22. The first-order chi connectivity index (χ1) is 6.20. The Morgan fingerprint density at radius 1 is 1.31 bits per heavy atom. The molecular weight excluding hydrogens is 179 g/mol. The van der Waals surface area contributed by atoms with E-state index in [2.05, 4.69) is 30.4 Å². The molecule has 3 radical (unpaired) electrons. The lowest BCUT2D eigenvalue weighted by Gasteiger charge is -2.13. The Bertz CT molecular complexity index is 287. The van der Waals surface area contributed by atoms with Crippen LogP contribution < -0.4 is 5.46 Å². The average Bonchev–Trinajstić information content (AvgIpc) is 2.14. The number of benzene rings is 1. The Hall–Kier alpha value is -0.578. The van der Waals surface area contributed by atoms with Gasteiger partial charge in [-0.2, -0.15) is 0 Å². The molecule has 2 nitrogen and oxygen atoms in total. The summed E-state index contributed by atoms with van der Waals surface area (Å²) in [5.74, 6) is 0. The van der Waals surface area contributed by atoms with Crippen molar-refractivity contribution in [1.29, 1.82) is 0 Å². The summed E-state index contributed by atoms with van der Waals surface area (Å²) < 4.78 is 10.2. The lowest BCUT2D eigenvalue weighted by Crippen LogP contribution is -2.37. The standard InChI is InChI=1S/C9H12BO2Si/c1-7-5-4-6-9(8(7)2)10(11-3)12-13/h4-6H,1-3H3. The first kappa shape index (κ1) is 10.5. The number of hydrogen-bond donors (Lipinski definition) is 0. The molecule has 0 spiro atoms. The van der Waals surface area contributed by atoms with Gasteiger partial charge >= 0.3 is 7.12 Å². The van der Waals surface area contributed by atoms with Crippen LogP contribution in [0.2, 0.25) is 0 Å². The van der Waals surface area contributed by atoms with Gasteiger partial charge in [0.05, 0.1) is 0 Å². The molecule has 1 aromatic rings. The second kappa shape index (κ2) is 4.60. The minimum atomic E-state index is -0.337. The Kier molecular flexibility index (Phi) is 3.72. The van der Waals surface area contributed by atoms with Crippen LogP contribution in [0.3, 0.4) is 0 Å². The molecule has 4 heteroatoms. The van der Waals surface area contributed by atoms with Gasteiger partial charge in [0.2, 0.25) is 10.5 Å². The van der Waals surface area contributed by atoms with Gasteiger partial charge in [-0.3, -0.25) is 0 Å². The minimum Gasteiger partial charge on any atom is -0.451 e. The van der Waals surface area contributed by atoms with Crippen molar-refractivity contribution in [2.75, 3.05) is 7.11 Å². The highest BCUT2D eigenvalue weighted by atomic mass is 28.2. The molecule has 0 aliphatic heterocycles. The van der Waals surface area contributed by atoms with Crippen LogP contribution in [0.25, 0.3) is 0 Å². The molecule has 0 aliphatic rings. The van der Waals surface area contributed by atoms with Crippen molar-refractivity contribution in [3.63, 3.8) is 0 Å². The summed E-state index contributed by atoms with van der Waals surface area (Å²) in [6, 6.07) is 6.06. The Balaban J connectivity index is 3.05. The number of hydrogen-bond acceptors (Lipinski definition) is 2. The van der Waals surface area contributed by atoms with Crippen molar-refractivity contribution in [3.05, 3.63) is 29.3 Å². The zero-order valence-electron chi connectivity index (χ0n) is 8.13. The molecule has 1 aromatic carbocycles. The smallest absolute Gasteiger partial charge is 0.451 e. The van der Waals surface area contributed by atoms with Crippen molar-refractivity contribution in [1.82, 2.24) is 0 Å². The van der Waals surface area contributed by atoms with Crippen LogP contribution >= 0.6 is 0 Å². The second-order valence-corrected chi connectivity index (χ2v) is 3.21. The van der Waals surface area contributed by atoms with Gasteiger partial charge in [-0.15, -0.1) is 0 Å². The first-order valence-electron chi connectivity index (χ1n) is 4.12. The minimum absolute atomic E-state index is 0.337. The van der Waals surface area contributed by atoms with Crippen LogP contribution in [-0.2, 0) is 9.00 Å². The molecular formula is C9H12BO2Si. The predicted octanol–water partition coefficient (Wildman–Crippen LogP) is 0.745. The van der Waals surface area contributed by atoms with Crippen molar-refractivity contribution in [2.24, 2.45) is 0 Å². The first-order valence-corrected chi connectivity index (χ1v) is 4.52. The monoisotopic (exact) mass is 191 g/mol. The van der Waals surface area contributed by atoms with Crippen LogP contribution in [0.4, 0.5) is 0 Å². The van der Waals surface area contributed by atoms with E-state index in [1.165, 1.54) is 11.1 Å². The number of aryl methyl sites for hydroxylation is 1. The van der Waals surface area contributed by atoms with Crippen LogP contribution in [0.15, 0.2) is 18.2 Å². The normalized spacial score (nSPS) is 10.2. The van der Waals surface area contributed by atoms with E-state index in [9.17, 15) is 0 Å². The SMILES string of the molecule is COB(O[Si])c1cccc(C)c1C. The molecule has 0 saturated carbocycles. The fraction of sp³-hybridized carbons (Fsp3) is 0.333. The van der Waals surface area contributed by atoms with Gasteiger partial charge in [0.1, 0.15) is 0 Å². The molecule has 0 saturated heterocycles. The highest BCUT2D eigenvalue weighted by molar-refractivity contribution is 6.64. The average molecular weight is 191 g/mol. The summed E-state index contributed by atoms with van der Waals surface area (Å²) in [6.45, 7) is 4.13. The molecule has 0 atom stereocenters. The van der Waals surface area contributed by atoms with E-state index >= 15 is 0 Å². The largest absolute Gasteiger partial charge is 0.482 e. The van der Waals surface area contributed by atoms with Crippen molar-refractivity contribution < 1.29 is 9.00 Å². The number of rotatable bonds is 3. The topological polar surface area (TPSA) is 18.5 Å². The van der Waals surface area contributed by atoms with E-state index in [1.54, 1.807) is 7.11 Å². The summed E-state index contributed by atoms with van der Waals surface area (Å²) >= 11 is 0. The Morgan fingerprint density at radius 2 is 2.00 bits per heavy atom. The second-order valence-electron chi connectivity index (χ2n) is 2.97. The van der Waals surface area contributed by atoms with Crippen LogP contribution in [0, 0.1) is 13.8 Å². The van der Waals surface area contributed by atoms with Crippen LogP contribution in [0.5, 0.6) is 0 Å². The third kappa shape index (κ3) is 2.21. The fourth-order valence-electron chi connectivity index (χ4n) is 1.27. The fourth-order valence-corrected chi connectivity index (χ4v) is 1.49. The van der Waals surface area contributed by atoms with E-state index in [-0.39, 0.29) is 7.12 Å². The zero-order valence-corrected chi connectivity index (χ0v) is 9.13. The van der Waals surface area contributed by atoms with Gasteiger partial charge in [0.25, 0.3) is 0 Å². The summed E-state index contributed by atoms with van der Waals surface area (Å²) in [5.41, 5.74) is 3.49. The summed E-state index contributed by atoms with van der Waals surface area (Å²) in [4.78, 5) is 0. The maximum atomic E-state index is 5.15. The molecule has 0 N–H and O–H groups in total. The van der Waals surface area contributed by atoms with E-state index in [0.717, 1.165) is 5.46 Å². The molecule has 0 fully saturated rings. The van der Waals surface area contributed by atoms with Gasteiger partial charge in [0.15, 0.2) is 0 Å². The van der Waals surface area contributed by atoms with Gasteiger partial charge in [0, 0.05) is 7.11 Å². The maximum Gasteiger partial charge on any atom is 0.482 e. The van der Waals surface area contributed by atoms with E-state index < -0.39 is 0 Å². The summed E-state index contributed by atoms with van der Waals surface area (Å²) in [7, 11) is 4.28. The molecule has 0 unspecified atom stereocenters. The Labute approximate surface area is 82.9 Å². The third-order valence-corrected chi connectivity index (χ3v) is 2.44. The Morgan fingerprint density at radius 3 is 2.54 bits per heavy atom. The lowest BCUT2D eigenvalue weighted by molar-refractivity contribution is 0.359. The molecule has 1 rings (SSSR count). The maximum absolute atomic E-state index is 5.15. The van der Waals surface area contributed by atoms with Crippen LogP contribution in [-0.4, -0.2) is 24.7 Å². The van der Waals surface area contributed by atoms with Gasteiger partial charge in [-0.1, -0.05) is 18.2 Å². The lowest BCUT2D eigenvalue weighted by atomic mass is 9.76. The van der Waals surface area contributed by atoms with Gasteiger partial charge in [-0.25, -0.2) is 0 Å². The molecule has 0 amide bonds. The predicted molar refractivity (Wildman–Crippen MR) is 55.2 cm³/mol. The molecule has 0 aliphatic carbocycles. The van der Waals surface area contributed by atoms with E-state index in [1.807, 2.05) is 12.1 Å². The van der Waals surface area contributed by atoms with Crippen molar-refractivity contribution >= 4 is 23.1 Å². The van der Waals surface area contributed by atoms with Crippen molar-refractivity contribution in [3.8, 4) is 0 Å². The highest BCUT2D eigenvalue weighted by Crippen LogP contribution is 2.04. The molecule has 0 heterocycles. The van der Waals surface area contributed by atoms with Gasteiger partial charge < -0.3 is 9.00 Å². The van der Waals surface area contributed by atoms with Gasteiger partial charge in [-0.05, 0) is 30.4 Å². The highest BCUT2D eigenvalue weighted by Gasteiger charge is 2.19. The molecule has 67 valence electrons. The molecule has 0 aromatic heterocycles. The zero-order chi connectivity index (χ0) is 9.84. The van der Waals surface area contributed by atoms with Crippen molar-refractivity contribution in [2.45, 2.75) is 13.8 Å². The summed E-state index contributed by atoms with van der Waals surface area (Å²) in [6.07, 6.45) is 0. The van der Waals surface area contributed by atoms with E-state index in [0.29, 0.717) is 0 Å².